The highest BCUT2D eigenvalue weighted by Gasteiger charge is 2.42. The summed E-state index contributed by atoms with van der Waals surface area (Å²) in [6.07, 6.45) is 3.74. The molecule has 0 unspecified atom stereocenters. The topological polar surface area (TPSA) is 62.5 Å². The molecule has 1 aliphatic rings. The van der Waals surface area contributed by atoms with Crippen LogP contribution >= 0.6 is 0 Å². The molecule has 4 heteroatoms. The van der Waals surface area contributed by atoms with E-state index >= 15 is 0 Å². The largest absolute Gasteiger partial charge is 0.456 e. The predicted molar refractivity (Wildman–Crippen MR) is 63.8 cm³/mol. The van der Waals surface area contributed by atoms with E-state index in [9.17, 15) is 4.79 Å². The van der Waals surface area contributed by atoms with E-state index in [0.29, 0.717) is 12.3 Å². The molecule has 0 radical (unpaired) electrons. The van der Waals surface area contributed by atoms with Gasteiger partial charge in [-0.25, -0.2) is 0 Å². The molecule has 4 nitrogen and oxygen atoms in total. The third kappa shape index (κ3) is 2.88. The maximum Gasteiger partial charge on any atom is 0.287 e. The number of carbonyl (C=O) groups is 1. The van der Waals surface area contributed by atoms with Crippen LogP contribution < -0.4 is 5.32 Å². The zero-order valence-corrected chi connectivity index (χ0v) is 10.2. The summed E-state index contributed by atoms with van der Waals surface area (Å²) in [6.45, 7) is 2.81. The Morgan fingerprint density at radius 1 is 1.53 bits per heavy atom. The number of carbonyl (C=O) groups excluding carboxylic acids is 1. The molecule has 1 fully saturated rings. The summed E-state index contributed by atoms with van der Waals surface area (Å²) < 4.78 is 5.38. The fourth-order valence-electron chi connectivity index (χ4n) is 1.97. The molecule has 1 aromatic heterocycles. The molecule has 1 heterocycles. The molecule has 1 saturated carbocycles. The van der Waals surface area contributed by atoms with Crippen molar-refractivity contribution in [2.45, 2.75) is 32.6 Å². The molecule has 0 aliphatic heterocycles. The Labute approximate surface area is 101 Å². The molecular formula is C13H19NO3. The van der Waals surface area contributed by atoms with Crippen LogP contribution in [0.3, 0.4) is 0 Å². The first-order valence-electron chi connectivity index (χ1n) is 6.17. The lowest BCUT2D eigenvalue weighted by Gasteiger charge is -2.13. The standard InChI is InChI=1S/C13H19NO3/c1-2-10-3-4-11(17-10)12(16)14-9-13(5-6-13)7-8-15/h3-4,15H,2,5-9H2,1H3,(H,14,16). The Morgan fingerprint density at radius 2 is 2.29 bits per heavy atom. The molecule has 0 atom stereocenters. The lowest BCUT2D eigenvalue weighted by Crippen LogP contribution is -2.30. The number of aliphatic hydroxyl groups excluding tert-OH is 1. The van der Waals surface area contributed by atoms with E-state index in [4.69, 9.17) is 9.52 Å². The summed E-state index contributed by atoms with van der Waals surface area (Å²) >= 11 is 0. The molecule has 0 bridgehead atoms. The van der Waals surface area contributed by atoms with E-state index < -0.39 is 0 Å². The highest BCUT2D eigenvalue weighted by Crippen LogP contribution is 2.47. The van der Waals surface area contributed by atoms with Gasteiger partial charge >= 0.3 is 0 Å². The smallest absolute Gasteiger partial charge is 0.287 e. The van der Waals surface area contributed by atoms with Gasteiger partial charge in [0.2, 0.25) is 0 Å². The number of furan rings is 1. The van der Waals surface area contributed by atoms with Gasteiger partial charge in [0, 0.05) is 19.6 Å². The quantitative estimate of drug-likeness (QED) is 0.792. The van der Waals surface area contributed by atoms with Gasteiger partial charge in [-0.1, -0.05) is 6.92 Å². The molecule has 0 aromatic carbocycles. The fourth-order valence-corrected chi connectivity index (χ4v) is 1.97. The normalized spacial score (nSPS) is 16.8. The highest BCUT2D eigenvalue weighted by molar-refractivity contribution is 5.91. The number of aryl methyl sites for hydroxylation is 1. The molecular weight excluding hydrogens is 218 g/mol. The summed E-state index contributed by atoms with van der Waals surface area (Å²) in [4.78, 5) is 11.8. The van der Waals surface area contributed by atoms with Crippen LogP contribution in [0.15, 0.2) is 16.5 Å². The summed E-state index contributed by atoms with van der Waals surface area (Å²) in [5, 5.41) is 11.8. The van der Waals surface area contributed by atoms with Crippen LogP contribution in [0.4, 0.5) is 0 Å². The Kier molecular flexibility index (Phi) is 3.52. The second-order valence-corrected chi connectivity index (χ2v) is 4.78. The van der Waals surface area contributed by atoms with Crippen molar-refractivity contribution in [2.24, 2.45) is 5.41 Å². The van der Waals surface area contributed by atoms with E-state index in [1.54, 1.807) is 6.07 Å². The Morgan fingerprint density at radius 3 is 2.82 bits per heavy atom. The van der Waals surface area contributed by atoms with Crippen LogP contribution in [0.1, 0.15) is 42.5 Å². The first kappa shape index (κ1) is 12.2. The number of amides is 1. The number of aliphatic hydroxyl groups is 1. The molecule has 1 aliphatic carbocycles. The number of nitrogens with one attached hydrogen (secondary N) is 1. The van der Waals surface area contributed by atoms with Gasteiger partial charge in [-0.15, -0.1) is 0 Å². The van der Waals surface area contributed by atoms with Crippen LogP contribution in [0, 0.1) is 5.41 Å². The zero-order chi connectivity index (χ0) is 12.3. The Bertz CT molecular complexity index is 393. The van der Waals surface area contributed by atoms with Crippen LogP contribution in [0.2, 0.25) is 0 Å². The summed E-state index contributed by atoms with van der Waals surface area (Å²) in [5.74, 6) is 1.04. The second-order valence-electron chi connectivity index (χ2n) is 4.78. The van der Waals surface area contributed by atoms with Gasteiger partial charge in [0.05, 0.1) is 0 Å². The number of rotatable bonds is 6. The maximum absolute atomic E-state index is 11.8. The van der Waals surface area contributed by atoms with Gasteiger partial charge in [-0.2, -0.15) is 0 Å². The van der Waals surface area contributed by atoms with Gasteiger partial charge in [-0.3, -0.25) is 4.79 Å². The van der Waals surface area contributed by atoms with Crippen molar-refractivity contribution in [1.29, 1.82) is 0 Å². The first-order valence-corrected chi connectivity index (χ1v) is 6.17. The molecule has 2 rings (SSSR count). The van der Waals surface area contributed by atoms with E-state index in [1.807, 2.05) is 13.0 Å². The molecule has 2 N–H and O–H groups in total. The van der Waals surface area contributed by atoms with Gasteiger partial charge in [0.1, 0.15) is 5.76 Å². The minimum absolute atomic E-state index is 0.143. The van der Waals surface area contributed by atoms with Crippen molar-refractivity contribution >= 4 is 5.91 Å². The Hall–Kier alpha value is -1.29. The zero-order valence-electron chi connectivity index (χ0n) is 10.2. The van der Waals surface area contributed by atoms with Crippen LogP contribution in [0.5, 0.6) is 0 Å². The van der Waals surface area contributed by atoms with Crippen molar-refractivity contribution in [2.75, 3.05) is 13.2 Å². The molecule has 1 amide bonds. The van der Waals surface area contributed by atoms with E-state index in [0.717, 1.165) is 31.4 Å². The second kappa shape index (κ2) is 4.92. The van der Waals surface area contributed by atoms with Crippen molar-refractivity contribution in [3.05, 3.63) is 23.7 Å². The average Bonchev–Trinajstić information content (AvgIpc) is 2.93. The predicted octanol–water partition coefficient (Wildman–Crippen LogP) is 1.73. The monoisotopic (exact) mass is 237 g/mol. The minimum Gasteiger partial charge on any atom is -0.456 e. The van der Waals surface area contributed by atoms with Gasteiger partial charge in [0.15, 0.2) is 5.76 Å². The summed E-state index contributed by atoms with van der Waals surface area (Å²) in [6, 6.07) is 3.54. The summed E-state index contributed by atoms with van der Waals surface area (Å²) in [5.41, 5.74) is 0.143. The third-order valence-electron chi connectivity index (χ3n) is 3.46. The lowest BCUT2D eigenvalue weighted by molar-refractivity contribution is 0.0911. The average molecular weight is 237 g/mol. The molecule has 0 saturated heterocycles. The summed E-state index contributed by atoms with van der Waals surface area (Å²) in [7, 11) is 0. The maximum atomic E-state index is 11.8. The third-order valence-corrected chi connectivity index (χ3v) is 3.46. The first-order chi connectivity index (χ1) is 8.19. The van der Waals surface area contributed by atoms with Crippen molar-refractivity contribution in [3.63, 3.8) is 0 Å². The Balaban J connectivity index is 1.85. The van der Waals surface area contributed by atoms with E-state index in [-0.39, 0.29) is 17.9 Å². The van der Waals surface area contributed by atoms with Gasteiger partial charge in [-0.05, 0) is 36.8 Å². The molecule has 94 valence electrons. The van der Waals surface area contributed by atoms with Crippen LogP contribution in [-0.2, 0) is 6.42 Å². The lowest BCUT2D eigenvalue weighted by atomic mass is 10.0. The fraction of sp³-hybridized carbons (Fsp3) is 0.615. The van der Waals surface area contributed by atoms with Crippen molar-refractivity contribution in [3.8, 4) is 0 Å². The van der Waals surface area contributed by atoms with Crippen molar-refractivity contribution < 1.29 is 14.3 Å². The van der Waals surface area contributed by atoms with Gasteiger partial charge < -0.3 is 14.8 Å². The van der Waals surface area contributed by atoms with E-state index in [1.165, 1.54) is 0 Å². The highest BCUT2D eigenvalue weighted by atomic mass is 16.3. The van der Waals surface area contributed by atoms with Gasteiger partial charge in [0.25, 0.3) is 5.91 Å². The molecule has 1 aromatic rings. The molecule has 0 spiro atoms. The van der Waals surface area contributed by atoms with Crippen LogP contribution in [0.25, 0.3) is 0 Å². The van der Waals surface area contributed by atoms with Crippen molar-refractivity contribution in [1.82, 2.24) is 5.32 Å². The minimum atomic E-state index is -0.158. The number of hydrogen-bond donors (Lipinski definition) is 2. The SMILES string of the molecule is CCc1ccc(C(=O)NCC2(CCO)CC2)o1. The number of hydrogen-bond acceptors (Lipinski definition) is 3. The van der Waals surface area contributed by atoms with E-state index in [2.05, 4.69) is 5.32 Å². The van der Waals surface area contributed by atoms with Crippen LogP contribution in [-0.4, -0.2) is 24.2 Å². The molecule has 17 heavy (non-hydrogen) atoms.